The zero-order valence-corrected chi connectivity index (χ0v) is 13.1. The summed E-state index contributed by atoms with van der Waals surface area (Å²) in [7, 11) is 0. The van der Waals surface area contributed by atoms with Crippen molar-refractivity contribution in [3.8, 4) is 5.75 Å². The van der Waals surface area contributed by atoms with Crippen LogP contribution in [0, 0.1) is 5.92 Å². The summed E-state index contributed by atoms with van der Waals surface area (Å²) in [6.45, 7) is 7.95. The first kappa shape index (κ1) is 15.8. The number of rotatable bonds is 4. The minimum atomic E-state index is -0.0186. The molecule has 1 aromatic rings. The summed E-state index contributed by atoms with van der Waals surface area (Å²) in [5.74, 6) is 0.988. The van der Waals surface area contributed by atoms with Crippen LogP contribution in [0.2, 0.25) is 0 Å². The molecule has 116 valence electrons. The van der Waals surface area contributed by atoms with E-state index in [0.717, 1.165) is 17.7 Å². The second-order valence-electron chi connectivity index (χ2n) is 6.71. The van der Waals surface area contributed by atoms with Crippen LogP contribution in [0.1, 0.15) is 32.8 Å². The molecule has 1 fully saturated rings. The highest BCUT2D eigenvalue weighted by Crippen LogP contribution is 2.31. The molecule has 1 aliphatic heterocycles. The molecule has 1 amide bonds. The molecule has 2 rings (SSSR count). The Kier molecular flexibility index (Phi) is 4.88. The summed E-state index contributed by atoms with van der Waals surface area (Å²) in [5, 5.41) is 9.13. The van der Waals surface area contributed by atoms with Gasteiger partial charge in [-0.25, -0.2) is 0 Å². The van der Waals surface area contributed by atoms with Gasteiger partial charge in [0.1, 0.15) is 5.75 Å². The van der Waals surface area contributed by atoms with Gasteiger partial charge < -0.3 is 14.7 Å². The molecule has 1 N–H and O–H groups in total. The molecule has 1 aromatic carbocycles. The molecule has 1 heterocycles. The van der Waals surface area contributed by atoms with Crippen molar-refractivity contribution in [2.24, 2.45) is 5.92 Å². The average molecular weight is 291 g/mol. The van der Waals surface area contributed by atoms with E-state index in [4.69, 9.17) is 9.84 Å². The van der Waals surface area contributed by atoms with Crippen LogP contribution in [0.5, 0.6) is 5.75 Å². The van der Waals surface area contributed by atoms with E-state index in [9.17, 15) is 4.79 Å². The van der Waals surface area contributed by atoms with Crippen molar-refractivity contribution in [1.29, 1.82) is 0 Å². The molecular formula is C17H25NO3. The van der Waals surface area contributed by atoms with Crippen molar-refractivity contribution >= 4 is 5.91 Å². The fourth-order valence-corrected chi connectivity index (χ4v) is 2.65. The number of hydrogen-bond donors (Lipinski definition) is 1. The first-order chi connectivity index (χ1) is 9.91. The predicted octanol–water partition coefficient (Wildman–Crippen LogP) is 2.20. The Bertz CT molecular complexity index is 493. The van der Waals surface area contributed by atoms with Gasteiger partial charge in [-0.3, -0.25) is 4.79 Å². The summed E-state index contributed by atoms with van der Waals surface area (Å²) in [6.07, 6.45) is 0.876. The highest BCUT2D eigenvalue weighted by molar-refractivity contribution is 5.78. The van der Waals surface area contributed by atoms with Gasteiger partial charge in [0.05, 0.1) is 0 Å². The summed E-state index contributed by atoms with van der Waals surface area (Å²) in [5.41, 5.74) is 1.09. The van der Waals surface area contributed by atoms with Crippen LogP contribution in [0.3, 0.4) is 0 Å². The highest BCUT2D eigenvalue weighted by Gasteiger charge is 2.26. The molecule has 1 aliphatic rings. The van der Waals surface area contributed by atoms with Gasteiger partial charge in [-0.05, 0) is 23.5 Å². The summed E-state index contributed by atoms with van der Waals surface area (Å²) >= 11 is 0. The van der Waals surface area contributed by atoms with E-state index in [1.807, 2.05) is 24.3 Å². The lowest BCUT2D eigenvalue weighted by atomic mass is 9.86. The van der Waals surface area contributed by atoms with Crippen LogP contribution >= 0.6 is 0 Å². The van der Waals surface area contributed by atoms with Crippen molar-refractivity contribution < 1.29 is 14.6 Å². The number of nitrogens with zero attached hydrogens (tertiary/aromatic N) is 1. The molecule has 0 spiro atoms. The molecule has 0 saturated carbocycles. The van der Waals surface area contributed by atoms with Crippen molar-refractivity contribution in [3.05, 3.63) is 29.8 Å². The van der Waals surface area contributed by atoms with Gasteiger partial charge in [0.2, 0.25) is 0 Å². The number of para-hydroxylation sites is 1. The van der Waals surface area contributed by atoms with Gasteiger partial charge in [0.25, 0.3) is 5.91 Å². The van der Waals surface area contributed by atoms with E-state index in [1.54, 1.807) is 4.90 Å². The molecule has 1 unspecified atom stereocenters. The standard InChI is InChI=1S/C17H25NO3/c1-17(2,3)14-6-4-5-7-15(14)21-12-16(20)18-9-8-13(10-18)11-19/h4-7,13,19H,8-12H2,1-3H3. The molecule has 21 heavy (non-hydrogen) atoms. The summed E-state index contributed by atoms with van der Waals surface area (Å²) < 4.78 is 5.75. The van der Waals surface area contributed by atoms with E-state index in [1.165, 1.54) is 0 Å². The van der Waals surface area contributed by atoms with Crippen molar-refractivity contribution in [2.45, 2.75) is 32.6 Å². The number of hydrogen-bond acceptors (Lipinski definition) is 3. The van der Waals surface area contributed by atoms with Crippen LogP contribution in [0.4, 0.5) is 0 Å². The molecule has 4 nitrogen and oxygen atoms in total. The predicted molar refractivity (Wildman–Crippen MR) is 82.4 cm³/mol. The minimum Gasteiger partial charge on any atom is -0.483 e. The van der Waals surface area contributed by atoms with Gasteiger partial charge in [-0.1, -0.05) is 39.0 Å². The lowest BCUT2D eigenvalue weighted by Gasteiger charge is -2.23. The van der Waals surface area contributed by atoms with Crippen LogP contribution < -0.4 is 4.74 Å². The van der Waals surface area contributed by atoms with Gasteiger partial charge in [0.15, 0.2) is 6.61 Å². The quantitative estimate of drug-likeness (QED) is 0.925. The van der Waals surface area contributed by atoms with E-state index in [2.05, 4.69) is 20.8 Å². The first-order valence-electron chi connectivity index (χ1n) is 7.52. The molecule has 4 heteroatoms. The van der Waals surface area contributed by atoms with Crippen molar-refractivity contribution in [3.63, 3.8) is 0 Å². The third-order valence-corrected chi connectivity index (χ3v) is 3.94. The van der Waals surface area contributed by atoms with Gasteiger partial charge >= 0.3 is 0 Å². The maximum absolute atomic E-state index is 12.2. The Balaban J connectivity index is 1.96. The molecule has 1 atom stereocenters. The van der Waals surface area contributed by atoms with Gasteiger partial charge in [0, 0.05) is 25.6 Å². The number of ether oxygens (including phenoxy) is 1. The van der Waals surface area contributed by atoms with Gasteiger partial charge in [-0.2, -0.15) is 0 Å². The number of carbonyl (C=O) groups is 1. The maximum Gasteiger partial charge on any atom is 0.260 e. The van der Waals surface area contributed by atoms with Crippen LogP contribution in [0.15, 0.2) is 24.3 Å². The van der Waals surface area contributed by atoms with E-state index in [-0.39, 0.29) is 30.5 Å². The molecule has 0 radical (unpaired) electrons. The lowest BCUT2D eigenvalue weighted by molar-refractivity contribution is -0.132. The third-order valence-electron chi connectivity index (χ3n) is 3.94. The Labute approximate surface area is 126 Å². The fourth-order valence-electron chi connectivity index (χ4n) is 2.65. The molecule has 0 aliphatic carbocycles. The summed E-state index contributed by atoms with van der Waals surface area (Å²) in [4.78, 5) is 13.9. The van der Waals surface area contributed by atoms with Crippen molar-refractivity contribution in [2.75, 3.05) is 26.3 Å². The van der Waals surface area contributed by atoms with E-state index < -0.39 is 0 Å². The number of likely N-dealkylation sites (tertiary alicyclic amines) is 1. The Morgan fingerprint density at radius 2 is 2.10 bits per heavy atom. The van der Waals surface area contributed by atoms with Crippen LogP contribution in [-0.2, 0) is 10.2 Å². The fraction of sp³-hybridized carbons (Fsp3) is 0.588. The highest BCUT2D eigenvalue weighted by atomic mass is 16.5. The number of aliphatic hydroxyl groups is 1. The zero-order valence-electron chi connectivity index (χ0n) is 13.1. The number of benzene rings is 1. The SMILES string of the molecule is CC(C)(C)c1ccccc1OCC(=O)N1CCC(CO)C1. The minimum absolute atomic E-state index is 0.00494. The molecule has 1 saturated heterocycles. The Hall–Kier alpha value is -1.55. The van der Waals surface area contributed by atoms with Crippen LogP contribution in [-0.4, -0.2) is 42.2 Å². The monoisotopic (exact) mass is 291 g/mol. The summed E-state index contributed by atoms with van der Waals surface area (Å²) in [6, 6.07) is 7.86. The Morgan fingerprint density at radius 1 is 1.38 bits per heavy atom. The average Bonchev–Trinajstić information content (AvgIpc) is 2.93. The number of amides is 1. The second-order valence-corrected chi connectivity index (χ2v) is 6.71. The normalized spacial score (nSPS) is 18.9. The van der Waals surface area contributed by atoms with E-state index in [0.29, 0.717) is 13.1 Å². The number of aliphatic hydroxyl groups excluding tert-OH is 1. The smallest absolute Gasteiger partial charge is 0.260 e. The number of carbonyl (C=O) groups excluding carboxylic acids is 1. The topological polar surface area (TPSA) is 49.8 Å². The zero-order chi connectivity index (χ0) is 15.5. The molecule has 0 aromatic heterocycles. The Morgan fingerprint density at radius 3 is 2.71 bits per heavy atom. The second kappa shape index (κ2) is 6.48. The molecular weight excluding hydrogens is 266 g/mol. The van der Waals surface area contributed by atoms with Crippen molar-refractivity contribution in [1.82, 2.24) is 4.90 Å². The maximum atomic E-state index is 12.2. The molecule has 0 bridgehead atoms. The van der Waals surface area contributed by atoms with E-state index >= 15 is 0 Å². The van der Waals surface area contributed by atoms with Crippen LogP contribution in [0.25, 0.3) is 0 Å². The third kappa shape index (κ3) is 3.97. The van der Waals surface area contributed by atoms with Gasteiger partial charge in [-0.15, -0.1) is 0 Å². The lowest BCUT2D eigenvalue weighted by Crippen LogP contribution is -2.33. The largest absolute Gasteiger partial charge is 0.483 e. The first-order valence-corrected chi connectivity index (χ1v) is 7.52.